The molecule has 0 aliphatic heterocycles. The molecule has 0 N–H and O–H groups in total. The number of methoxy groups -OCH3 is 1. The summed E-state index contributed by atoms with van der Waals surface area (Å²) in [4.78, 5) is 0. The molecular formula is C13H20O2. The van der Waals surface area contributed by atoms with Gasteiger partial charge < -0.3 is 9.47 Å². The van der Waals surface area contributed by atoms with Crippen LogP contribution in [-0.4, -0.2) is 19.8 Å². The molecule has 0 aliphatic rings. The molecule has 84 valence electrons. The molecule has 2 nitrogen and oxygen atoms in total. The smallest absolute Gasteiger partial charge is 0.122 e. The van der Waals surface area contributed by atoms with Crippen LogP contribution in [0.5, 0.6) is 5.75 Å². The van der Waals surface area contributed by atoms with E-state index in [0.717, 1.165) is 18.8 Å². The molecule has 0 aliphatic carbocycles. The Morgan fingerprint density at radius 1 is 1.27 bits per heavy atom. The van der Waals surface area contributed by atoms with Crippen LogP contribution in [0.3, 0.4) is 0 Å². The molecule has 2 heteroatoms. The summed E-state index contributed by atoms with van der Waals surface area (Å²) in [5.74, 6) is 0.952. The zero-order chi connectivity index (χ0) is 11.3. The lowest BCUT2D eigenvalue weighted by Gasteiger charge is -2.11. The van der Waals surface area contributed by atoms with Gasteiger partial charge in [0.2, 0.25) is 0 Å². The van der Waals surface area contributed by atoms with Gasteiger partial charge in [-0.3, -0.25) is 0 Å². The van der Waals surface area contributed by atoms with Crippen molar-refractivity contribution in [1.82, 2.24) is 0 Å². The molecule has 0 aromatic heterocycles. The Hall–Kier alpha value is -1.02. The van der Waals surface area contributed by atoms with Crippen LogP contribution in [0.2, 0.25) is 0 Å². The van der Waals surface area contributed by atoms with Crippen molar-refractivity contribution in [3.63, 3.8) is 0 Å². The van der Waals surface area contributed by atoms with Crippen LogP contribution in [0.25, 0.3) is 0 Å². The number of hydrogen-bond acceptors (Lipinski definition) is 2. The van der Waals surface area contributed by atoms with Gasteiger partial charge in [0.05, 0.1) is 19.8 Å². The average Bonchev–Trinajstić information content (AvgIpc) is 2.17. The third-order valence-electron chi connectivity index (χ3n) is 2.26. The predicted molar refractivity (Wildman–Crippen MR) is 62.5 cm³/mol. The standard InChI is InChI=1S/C13H20O2/c1-10(2)15-8-7-12-9-11(3)5-6-13(12)14-4/h5-6,9-10H,7-8H2,1-4H3. The molecule has 0 bridgehead atoms. The van der Waals surface area contributed by atoms with Crippen LogP contribution in [0.15, 0.2) is 18.2 Å². The molecule has 15 heavy (non-hydrogen) atoms. The van der Waals surface area contributed by atoms with Crippen molar-refractivity contribution in [2.75, 3.05) is 13.7 Å². The highest BCUT2D eigenvalue weighted by Gasteiger charge is 2.03. The van der Waals surface area contributed by atoms with Gasteiger partial charge in [0.25, 0.3) is 0 Å². The fourth-order valence-electron chi connectivity index (χ4n) is 1.51. The summed E-state index contributed by atoms with van der Waals surface area (Å²) >= 11 is 0. The minimum atomic E-state index is 0.292. The molecule has 0 heterocycles. The third kappa shape index (κ3) is 3.92. The van der Waals surface area contributed by atoms with Gasteiger partial charge in [0, 0.05) is 0 Å². The van der Waals surface area contributed by atoms with Gasteiger partial charge >= 0.3 is 0 Å². The van der Waals surface area contributed by atoms with E-state index in [2.05, 4.69) is 19.1 Å². The third-order valence-corrected chi connectivity index (χ3v) is 2.26. The highest BCUT2D eigenvalue weighted by molar-refractivity contribution is 5.36. The van der Waals surface area contributed by atoms with Gasteiger partial charge in [0.1, 0.15) is 5.75 Å². The maximum atomic E-state index is 5.53. The van der Waals surface area contributed by atoms with E-state index in [-0.39, 0.29) is 0 Å². The van der Waals surface area contributed by atoms with E-state index >= 15 is 0 Å². The Morgan fingerprint density at radius 2 is 2.00 bits per heavy atom. The zero-order valence-electron chi connectivity index (χ0n) is 10.0. The van der Waals surface area contributed by atoms with E-state index in [1.54, 1.807) is 7.11 Å². The van der Waals surface area contributed by atoms with E-state index < -0.39 is 0 Å². The fourth-order valence-corrected chi connectivity index (χ4v) is 1.51. The van der Waals surface area contributed by atoms with Crippen LogP contribution in [0.4, 0.5) is 0 Å². The second-order valence-corrected chi connectivity index (χ2v) is 3.98. The molecule has 0 radical (unpaired) electrons. The Kier molecular flexibility index (Phi) is 4.63. The lowest BCUT2D eigenvalue weighted by atomic mass is 10.1. The van der Waals surface area contributed by atoms with Crippen molar-refractivity contribution in [1.29, 1.82) is 0 Å². The molecule has 0 fully saturated rings. The minimum absolute atomic E-state index is 0.292. The van der Waals surface area contributed by atoms with Crippen LogP contribution in [0.1, 0.15) is 25.0 Å². The zero-order valence-corrected chi connectivity index (χ0v) is 10.0. The first-order valence-corrected chi connectivity index (χ1v) is 5.38. The summed E-state index contributed by atoms with van der Waals surface area (Å²) in [5.41, 5.74) is 2.48. The number of ether oxygens (including phenoxy) is 2. The first kappa shape index (κ1) is 12.1. The van der Waals surface area contributed by atoms with Crippen molar-refractivity contribution >= 4 is 0 Å². The van der Waals surface area contributed by atoms with Gasteiger partial charge in [-0.1, -0.05) is 17.7 Å². The van der Waals surface area contributed by atoms with Crippen molar-refractivity contribution < 1.29 is 9.47 Å². The topological polar surface area (TPSA) is 18.5 Å². The van der Waals surface area contributed by atoms with Gasteiger partial charge in [-0.15, -0.1) is 0 Å². The number of hydrogen-bond donors (Lipinski definition) is 0. The first-order chi connectivity index (χ1) is 7.13. The van der Waals surface area contributed by atoms with Crippen LogP contribution in [0, 0.1) is 6.92 Å². The van der Waals surface area contributed by atoms with Gasteiger partial charge in [-0.25, -0.2) is 0 Å². The quantitative estimate of drug-likeness (QED) is 0.740. The van der Waals surface area contributed by atoms with Crippen LogP contribution < -0.4 is 4.74 Å². The van der Waals surface area contributed by atoms with Gasteiger partial charge in [-0.2, -0.15) is 0 Å². The Morgan fingerprint density at radius 3 is 2.60 bits per heavy atom. The highest BCUT2D eigenvalue weighted by Crippen LogP contribution is 2.20. The number of rotatable bonds is 5. The Bertz CT molecular complexity index is 305. The van der Waals surface area contributed by atoms with E-state index in [0.29, 0.717) is 6.10 Å². The normalized spacial score (nSPS) is 10.7. The lowest BCUT2D eigenvalue weighted by molar-refractivity contribution is 0.0810. The summed E-state index contributed by atoms with van der Waals surface area (Å²) < 4.78 is 10.8. The molecule has 0 unspecified atom stereocenters. The Labute approximate surface area is 92.2 Å². The van der Waals surface area contributed by atoms with E-state index in [4.69, 9.17) is 9.47 Å². The van der Waals surface area contributed by atoms with Crippen molar-refractivity contribution in [2.24, 2.45) is 0 Å². The van der Waals surface area contributed by atoms with E-state index in [9.17, 15) is 0 Å². The van der Waals surface area contributed by atoms with Crippen LogP contribution in [-0.2, 0) is 11.2 Å². The molecule has 0 saturated heterocycles. The monoisotopic (exact) mass is 208 g/mol. The second-order valence-electron chi connectivity index (χ2n) is 3.98. The molecule has 1 aromatic carbocycles. The molecule has 0 saturated carbocycles. The van der Waals surface area contributed by atoms with E-state index in [1.807, 2.05) is 19.9 Å². The molecule has 0 spiro atoms. The van der Waals surface area contributed by atoms with Crippen molar-refractivity contribution in [3.8, 4) is 5.75 Å². The first-order valence-electron chi connectivity index (χ1n) is 5.38. The van der Waals surface area contributed by atoms with Crippen molar-refractivity contribution in [3.05, 3.63) is 29.3 Å². The predicted octanol–water partition coefficient (Wildman–Crippen LogP) is 2.97. The molecule has 0 atom stereocenters. The van der Waals surface area contributed by atoms with Crippen LogP contribution >= 0.6 is 0 Å². The molecule has 0 amide bonds. The number of aryl methyl sites for hydroxylation is 1. The van der Waals surface area contributed by atoms with E-state index in [1.165, 1.54) is 11.1 Å². The highest BCUT2D eigenvalue weighted by atomic mass is 16.5. The van der Waals surface area contributed by atoms with Gasteiger partial charge in [0.15, 0.2) is 0 Å². The summed E-state index contributed by atoms with van der Waals surface area (Å²) in [6.45, 7) is 6.94. The summed E-state index contributed by atoms with van der Waals surface area (Å²) in [6.07, 6.45) is 1.20. The number of benzene rings is 1. The summed E-state index contributed by atoms with van der Waals surface area (Å²) in [6, 6.07) is 6.23. The maximum absolute atomic E-state index is 5.53. The maximum Gasteiger partial charge on any atom is 0.122 e. The largest absolute Gasteiger partial charge is 0.496 e. The average molecular weight is 208 g/mol. The second kappa shape index (κ2) is 5.76. The fraction of sp³-hybridized carbons (Fsp3) is 0.538. The SMILES string of the molecule is COc1ccc(C)cc1CCOC(C)C. The molecule has 1 aromatic rings. The Balaban J connectivity index is 2.62. The summed E-state index contributed by atoms with van der Waals surface area (Å²) in [7, 11) is 1.71. The minimum Gasteiger partial charge on any atom is -0.496 e. The molecule has 1 rings (SSSR count). The van der Waals surface area contributed by atoms with Crippen molar-refractivity contribution in [2.45, 2.75) is 33.3 Å². The van der Waals surface area contributed by atoms with Gasteiger partial charge in [-0.05, 0) is 38.8 Å². The molecular weight excluding hydrogens is 188 g/mol. The lowest BCUT2D eigenvalue weighted by Crippen LogP contribution is -2.06. The summed E-state index contributed by atoms with van der Waals surface area (Å²) in [5, 5.41) is 0.